The minimum atomic E-state index is -0.134. The Kier molecular flexibility index (Phi) is 9.76. The average Bonchev–Trinajstić information content (AvgIpc) is 2.86. The second kappa shape index (κ2) is 13.0. The molecule has 3 rings (SSSR count). The fourth-order valence-electron chi connectivity index (χ4n) is 3.52. The normalized spacial score (nSPS) is 11.7. The van der Waals surface area contributed by atoms with E-state index in [2.05, 4.69) is 0 Å². The van der Waals surface area contributed by atoms with Gasteiger partial charge in [-0.2, -0.15) is 0 Å². The van der Waals surface area contributed by atoms with Gasteiger partial charge in [0, 0.05) is 28.7 Å². The van der Waals surface area contributed by atoms with E-state index in [9.17, 15) is 9.59 Å². The molecule has 0 aliphatic carbocycles. The van der Waals surface area contributed by atoms with Gasteiger partial charge in [-0.3, -0.25) is 14.2 Å². The van der Waals surface area contributed by atoms with Crippen molar-refractivity contribution in [2.24, 2.45) is 5.92 Å². The number of nitrogens with zero attached hydrogens (tertiary/aromatic N) is 2. The van der Waals surface area contributed by atoms with Crippen molar-refractivity contribution in [3.8, 4) is 17.0 Å². The maximum Gasteiger partial charge on any atom is 0.309 e. The molecule has 1 unspecified atom stereocenters. The van der Waals surface area contributed by atoms with E-state index in [1.807, 2.05) is 75.4 Å². The lowest BCUT2D eigenvalue weighted by Gasteiger charge is -2.14. The van der Waals surface area contributed by atoms with Crippen LogP contribution in [0, 0.1) is 5.92 Å². The van der Waals surface area contributed by atoms with Crippen molar-refractivity contribution in [2.45, 2.75) is 45.1 Å². The number of aryl methyl sites for hydroxylation is 1. The summed E-state index contributed by atoms with van der Waals surface area (Å²) in [5.41, 5.74) is 1.55. The summed E-state index contributed by atoms with van der Waals surface area (Å²) in [5.74, 6) is 1.93. The van der Waals surface area contributed by atoms with Crippen molar-refractivity contribution in [3.05, 3.63) is 76.8 Å². The third kappa shape index (κ3) is 6.97. The van der Waals surface area contributed by atoms with E-state index in [4.69, 9.17) is 14.5 Å². The van der Waals surface area contributed by atoms with Crippen LogP contribution in [0.15, 0.2) is 70.4 Å². The Morgan fingerprint density at radius 3 is 2.44 bits per heavy atom. The second-order valence-electron chi connectivity index (χ2n) is 7.76. The summed E-state index contributed by atoms with van der Waals surface area (Å²) < 4.78 is 12.7. The number of carbonyl (C=O) groups is 1. The number of thioether (sulfide) groups is 1. The van der Waals surface area contributed by atoms with Crippen molar-refractivity contribution in [3.63, 3.8) is 0 Å². The van der Waals surface area contributed by atoms with Gasteiger partial charge in [0.15, 0.2) is 0 Å². The van der Waals surface area contributed by atoms with E-state index >= 15 is 0 Å². The third-order valence-corrected chi connectivity index (χ3v) is 6.62. The molecule has 1 atom stereocenters. The zero-order valence-electron chi connectivity index (χ0n) is 20.0. The molecule has 7 heteroatoms. The first kappa shape index (κ1) is 25.6. The summed E-state index contributed by atoms with van der Waals surface area (Å²) in [5, 5.41) is 0. The van der Waals surface area contributed by atoms with Crippen LogP contribution in [0.3, 0.4) is 0 Å². The fourth-order valence-corrected chi connectivity index (χ4v) is 4.61. The van der Waals surface area contributed by atoms with Crippen LogP contribution in [0.4, 0.5) is 0 Å². The van der Waals surface area contributed by atoms with Gasteiger partial charge in [0.2, 0.25) is 0 Å². The van der Waals surface area contributed by atoms with Crippen LogP contribution < -0.4 is 10.3 Å². The molecule has 0 aliphatic rings. The molecule has 0 saturated heterocycles. The summed E-state index contributed by atoms with van der Waals surface area (Å²) in [7, 11) is 0. The fraction of sp³-hybridized carbons (Fsp3) is 0.370. The van der Waals surface area contributed by atoms with Gasteiger partial charge in [-0.1, -0.05) is 44.2 Å². The first-order chi connectivity index (χ1) is 16.5. The van der Waals surface area contributed by atoms with Crippen molar-refractivity contribution < 1.29 is 14.3 Å². The van der Waals surface area contributed by atoms with Crippen LogP contribution in [0.2, 0.25) is 0 Å². The van der Waals surface area contributed by atoms with Gasteiger partial charge >= 0.3 is 5.97 Å². The van der Waals surface area contributed by atoms with E-state index < -0.39 is 0 Å². The van der Waals surface area contributed by atoms with Crippen LogP contribution in [0.1, 0.15) is 33.0 Å². The van der Waals surface area contributed by atoms with Gasteiger partial charge in [-0.25, -0.2) is 4.98 Å². The molecule has 0 amide bonds. The molecule has 0 bridgehead atoms. The maximum atomic E-state index is 12.8. The largest absolute Gasteiger partial charge is 0.492 e. The summed E-state index contributed by atoms with van der Waals surface area (Å²) in [6.45, 7) is 7.02. The Morgan fingerprint density at radius 2 is 1.79 bits per heavy atom. The first-order valence-corrected chi connectivity index (χ1v) is 12.7. The molecule has 6 nitrogen and oxygen atoms in total. The molecule has 0 spiro atoms. The highest BCUT2D eigenvalue weighted by Gasteiger charge is 2.17. The Morgan fingerprint density at radius 1 is 1.06 bits per heavy atom. The lowest BCUT2D eigenvalue weighted by molar-refractivity contribution is -0.147. The highest BCUT2D eigenvalue weighted by molar-refractivity contribution is 7.99. The Bertz CT molecular complexity index is 1110. The van der Waals surface area contributed by atoms with Crippen molar-refractivity contribution >= 4 is 17.7 Å². The van der Waals surface area contributed by atoms with E-state index in [1.165, 1.54) is 0 Å². The Hall–Kier alpha value is -3.06. The SMILES string of the molecule is CCOC(=O)C(CC)CSc1ccc(OCCn2c(CC)nc(-c3ccccc3)cc2=O)cc1. The molecule has 0 fully saturated rings. The highest BCUT2D eigenvalue weighted by Crippen LogP contribution is 2.25. The second-order valence-corrected chi connectivity index (χ2v) is 8.85. The molecular weight excluding hydrogens is 448 g/mol. The molecule has 3 aromatic rings. The standard InChI is InChI=1S/C27H32N2O4S/c1-4-20(27(31)32-6-3)19-34-23-14-12-22(13-15-23)33-17-16-29-25(5-2)28-24(18-26(29)30)21-10-8-7-9-11-21/h7-15,18,20H,4-6,16-17,19H2,1-3H3. The summed E-state index contributed by atoms with van der Waals surface area (Å²) >= 11 is 1.63. The molecular formula is C27H32N2O4S. The first-order valence-electron chi connectivity index (χ1n) is 11.7. The van der Waals surface area contributed by atoms with E-state index in [-0.39, 0.29) is 17.4 Å². The molecule has 34 heavy (non-hydrogen) atoms. The minimum Gasteiger partial charge on any atom is -0.492 e. The highest BCUT2D eigenvalue weighted by atomic mass is 32.2. The minimum absolute atomic E-state index is 0.0758. The van der Waals surface area contributed by atoms with Gasteiger partial charge in [-0.05, 0) is 37.6 Å². The number of esters is 1. The van der Waals surface area contributed by atoms with Gasteiger partial charge in [0.05, 0.1) is 24.8 Å². The van der Waals surface area contributed by atoms with Crippen molar-refractivity contribution in [1.29, 1.82) is 0 Å². The summed E-state index contributed by atoms with van der Waals surface area (Å²) in [6.07, 6.45) is 1.42. The Labute approximate surface area is 205 Å². The number of hydrogen-bond donors (Lipinski definition) is 0. The van der Waals surface area contributed by atoms with E-state index in [0.29, 0.717) is 37.6 Å². The van der Waals surface area contributed by atoms with Crippen LogP contribution in [-0.4, -0.2) is 34.5 Å². The number of rotatable bonds is 12. The number of carbonyl (C=O) groups excluding carboxylic acids is 1. The molecule has 2 aromatic carbocycles. The quantitative estimate of drug-likeness (QED) is 0.261. The molecule has 0 N–H and O–H groups in total. The summed E-state index contributed by atoms with van der Waals surface area (Å²) in [4.78, 5) is 30.5. The number of aromatic nitrogens is 2. The zero-order chi connectivity index (χ0) is 24.3. The van der Waals surface area contributed by atoms with Crippen LogP contribution in [0.5, 0.6) is 5.75 Å². The van der Waals surface area contributed by atoms with Crippen molar-refractivity contribution in [1.82, 2.24) is 9.55 Å². The van der Waals surface area contributed by atoms with Gasteiger partial charge < -0.3 is 9.47 Å². The lowest BCUT2D eigenvalue weighted by atomic mass is 10.1. The molecule has 180 valence electrons. The third-order valence-electron chi connectivity index (χ3n) is 5.44. The van der Waals surface area contributed by atoms with Crippen LogP contribution >= 0.6 is 11.8 Å². The van der Waals surface area contributed by atoms with Gasteiger partial charge in [0.25, 0.3) is 5.56 Å². The maximum absolute atomic E-state index is 12.8. The Balaban J connectivity index is 1.56. The predicted molar refractivity (Wildman–Crippen MR) is 136 cm³/mol. The van der Waals surface area contributed by atoms with Crippen LogP contribution in [0.25, 0.3) is 11.3 Å². The van der Waals surface area contributed by atoms with E-state index in [0.717, 1.165) is 28.5 Å². The number of hydrogen-bond acceptors (Lipinski definition) is 6. The monoisotopic (exact) mass is 480 g/mol. The smallest absolute Gasteiger partial charge is 0.309 e. The lowest BCUT2D eigenvalue weighted by Crippen LogP contribution is -2.27. The average molecular weight is 481 g/mol. The molecule has 0 aliphatic heterocycles. The molecule has 1 aromatic heterocycles. The number of benzene rings is 2. The molecule has 0 saturated carbocycles. The predicted octanol–water partition coefficient (Wildman–Crippen LogP) is 5.23. The topological polar surface area (TPSA) is 70.4 Å². The molecule has 0 radical (unpaired) electrons. The summed E-state index contributed by atoms with van der Waals surface area (Å²) in [6, 6.07) is 19.1. The van der Waals surface area contributed by atoms with Crippen LogP contribution in [-0.2, 0) is 22.5 Å². The zero-order valence-corrected chi connectivity index (χ0v) is 20.8. The van der Waals surface area contributed by atoms with E-state index in [1.54, 1.807) is 22.4 Å². The van der Waals surface area contributed by atoms with Crippen molar-refractivity contribution in [2.75, 3.05) is 19.0 Å². The molecule has 1 heterocycles. The number of ether oxygens (including phenoxy) is 2. The van der Waals surface area contributed by atoms with Gasteiger partial charge in [-0.15, -0.1) is 11.8 Å². The van der Waals surface area contributed by atoms with Gasteiger partial charge in [0.1, 0.15) is 18.2 Å².